The zero-order valence-electron chi connectivity index (χ0n) is 16.5. The summed E-state index contributed by atoms with van der Waals surface area (Å²) in [6, 6.07) is 20.7. The van der Waals surface area contributed by atoms with Gasteiger partial charge in [-0.1, -0.05) is 18.2 Å². The van der Waals surface area contributed by atoms with E-state index in [0.717, 1.165) is 28.2 Å². The van der Waals surface area contributed by atoms with Gasteiger partial charge in [-0.15, -0.1) is 0 Å². The van der Waals surface area contributed by atoms with Gasteiger partial charge in [0.05, 0.1) is 23.5 Å². The Bertz CT molecular complexity index is 1150. The number of hydrogen-bond donors (Lipinski definition) is 0. The Morgan fingerprint density at radius 1 is 1.07 bits per heavy atom. The number of nitrogens with zero attached hydrogens (tertiary/aromatic N) is 4. The molecule has 30 heavy (non-hydrogen) atoms. The average molecular weight is 396 g/mol. The van der Waals surface area contributed by atoms with Gasteiger partial charge in [0.1, 0.15) is 5.69 Å². The number of ether oxygens (including phenoxy) is 1. The Kier molecular flexibility index (Phi) is 5.75. The summed E-state index contributed by atoms with van der Waals surface area (Å²) in [5.41, 5.74) is 4.75. The summed E-state index contributed by atoms with van der Waals surface area (Å²) >= 11 is 0. The lowest BCUT2D eigenvalue weighted by Gasteiger charge is -2.01. The van der Waals surface area contributed by atoms with Gasteiger partial charge < -0.3 is 4.74 Å². The van der Waals surface area contributed by atoms with Crippen molar-refractivity contribution < 1.29 is 9.53 Å². The van der Waals surface area contributed by atoms with Gasteiger partial charge >= 0.3 is 5.97 Å². The molecule has 0 aliphatic heterocycles. The Morgan fingerprint density at radius 3 is 2.57 bits per heavy atom. The molecule has 6 nitrogen and oxygen atoms in total. The molecule has 0 unspecified atom stereocenters. The van der Waals surface area contributed by atoms with Crippen LogP contribution in [-0.2, 0) is 4.74 Å². The number of esters is 1. The van der Waals surface area contributed by atoms with E-state index in [1.807, 2.05) is 53.3 Å². The number of carbonyl (C=O) groups excluding carboxylic acids is 1. The summed E-state index contributed by atoms with van der Waals surface area (Å²) in [4.78, 5) is 20.6. The minimum Gasteiger partial charge on any atom is -0.462 e. The molecule has 0 spiro atoms. The van der Waals surface area contributed by atoms with Crippen molar-refractivity contribution in [3.05, 3.63) is 96.4 Å². The zero-order valence-corrected chi connectivity index (χ0v) is 16.5. The number of aliphatic imine (C=N–C) groups is 1. The van der Waals surface area contributed by atoms with Crippen molar-refractivity contribution in [2.75, 3.05) is 6.61 Å². The van der Waals surface area contributed by atoms with Crippen LogP contribution in [-0.4, -0.2) is 33.6 Å². The van der Waals surface area contributed by atoms with Gasteiger partial charge in [0.15, 0.2) is 0 Å². The molecule has 0 aliphatic carbocycles. The van der Waals surface area contributed by atoms with Crippen LogP contribution >= 0.6 is 0 Å². The van der Waals surface area contributed by atoms with E-state index in [1.54, 1.807) is 49.8 Å². The molecule has 2 aromatic carbocycles. The first kappa shape index (κ1) is 19.3. The maximum absolute atomic E-state index is 11.8. The molecule has 4 rings (SSSR count). The summed E-state index contributed by atoms with van der Waals surface area (Å²) < 4.78 is 6.84. The SMILES string of the molecule is CCOC(=O)c1ccc(N=Cc2cn(-c3ccccc3)nc2-c2cccnc2)cc1. The molecule has 0 N–H and O–H groups in total. The van der Waals surface area contributed by atoms with Crippen LogP contribution in [0.1, 0.15) is 22.8 Å². The van der Waals surface area contributed by atoms with Crippen LogP contribution in [0.25, 0.3) is 16.9 Å². The highest BCUT2D eigenvalue weighted by Crippen LogP contribution is 2.23. The topological polar surface area (TPSA) is 69.4 Å². The molecular weight excluding hydrogens is 376 g/mol. The fourth-order valence-corrected chi connectivity index (χ4v) is 2.96. The van der Waals surface area contributed by atoms with Crippen LogP contribution in [0.15, 0.2) is 90.3 Å². The van der Waals surface area contributed by atoms with E-state index >= 15 is 0 Å². The van der Waals surface area contributed by atoms with E-state index in [0.29, 0.717) is 12.2 Å². The number of pyridine rings is 1. The van der Waals surface area contributed by atoms with Gasteiger partial charge in [0.25, 0.3) is 0 Å². The number of aromatic nitrogens is 3. The lowest BCUT2D eigenvalue weighted by atomic mass is 10.1. The first-order valence-electron chi connectivity index (χ1n) is 9.61. The maximum atomic E-state index is 11.8. The number of hydrogen-bond acceptors (Lipinski definition) is 5. The summed E-state index contributed by atoms with van der Waals surface area (Å²) in [7, 11) is 0. The van der Waals surface area contributed by atoms with E-state index in [4.69, 9.17) is 9.84 Å². The molecule has 0 atom stereocenters. The number of para-hydroxylation sites is 1. The van der Waals surface area contributed by atoms with E-state index in [-0.39, 0.29) is 5.97 Å². The second-order valence-electron chi connectivity index (χ2n) is 6.48. The van der Waals surface area contributed by atoms with Crippen molar-refractivity contribution in [3.8, 4) is 16.9 Å². The maximum Gasteiger partial charge on any atom is 0.338 e. The van der Waals surface area contributed by atoms with E-state index in [9.17, 15) is 4.79 Å². The zero-order chi connectivity index (χ0) is 20.8. The largest absolute Gasteiger partial charge is 0.462 e. The molecule has 0 bridgehead atoms. The fourth-order valence-electron chi connectivity index (χ4n) is 2.96. The highest BCUT2D eigenvalue weighted by atomic mass is 16.5. The van der Waals surface area contributed by atoms with Gasteiger partial charge in [-0.3, -0.25) is 9.98 Å². The van der Waals surface area contributed by atoms with Crippen LogP contribution < -0.4 is 0 Å². The lowest BCUT2D eigenvalue weighted by Crippen LogP contribution is -2.03. The highest BCUT2D eigenvalue weighted by Gasteiger charge is 2.11. The predicted octanol–water partition coefficient (Wildman–Crippen LogP) is 4.86. The Hall–Kier alpha value is -4.06. The first-order chi connectivity index (χ1) is 14.7. The second kappa shape index (κ2) is 8.96. The molecule has 4 aromatic rings. The smallest absolute Gasteiger partial charge is 0.338 e. The third kappa shape index (κ3) is 4.33. The minimum absolute atomic E-state index is 0.337. The predicted molar refractivity (Wildman–Crippen MR) is 116 cm³/mol. The lowest BCUT2D eigenvalue weighted by molar-refractivity contribution is 0.0526. The number of benzene rings is 2. The summed E-state index contributed by atoms with van der Waals surface area (Å²) in [5, 5.41) is 4.74. The Balaban J connectivity index is 1.66. The van der Waals surface area contributed by atoms with Crippen molar-refractivity contribution in [2.45, 2.75) is 6.92 Å². The first-order valence-corrected chi connectivity index (χ1v) is 9.61. The van der Waals surface area contributed by atoms with Crippen LogP contribution in [0.4, 0.5) is 5.69 Å². The Labute approximate surface area is 174 Å². The molecule has 6 heteroatoms. The van der Waals surface area contributed by atoms with Gasteiger partial charge in [-0.2, -0.15) is 5.10 Å². The molecule has 0 saturated carbocycles. The monoisotopic (exact) mass is 396 g/mol. The third-order valence-electron chi connectivity index (χ3n) is 4.43. The van der Waals surface area contributed by atoms with Crippen LogP contribution in [0.3, 0.4) is 0 Å². The van der Waals surface area contributed by atoms with Crippen molar-refractivity contribution in [1.82, 2.24) is 14.8 Å². The Morgan fingerprint density at radius 2 is 1.87 bits per heavy atom. The molecule has 0 radical (unpaired) electrons. The number of carbonyl (C=O) groups is 1. The average Bonchev–Trinajstić information content (AvgIpc) is 3.24. The molecule has 0 amide bonds. The van der Waals surface area contributed by atoms with E-state index in [1.165, 1.54) is 0 Å². The van der Waals surface area contributed by atoms with Gasteiger partial charge in [-0.05, 0) is 55.5 Å². The highest BCUT2D eigenvalue weighted by molar-refractivity contribution is 5.91. The molecule has 2 heterocycles. The van der Waals surface area contributed by atoms with Gasteiger partial charge in [0.2, 0.25) is 0 Å². The van der Waals surface area contributed by atoms with E-state index in [2.05, 4.69) is 9.98 Å². The summed E-state index contributed by atoms with van der Waals surface area (Å²) in [5.74, 6) is -0.337. The molecule has 0 saturated heterocycles. The molecular formula is C24H20N4O2. The number of rotatable bonds is 6. The third-order valence-corrected chi connectivity index (χ3v) is 4.43. The van der Waals surface area contributed by atoms with Crippen LogP contribution in [0.5, 0.6) is 0 Å². The summed E-state index contributed by atoms with van der Waals surface area (Å²) in [6.45, 7) is 2.13. The van der Waals surface area contributed by atoms with Crippen LogP contribution in [0, 0.1) is 0 Å². The standard InChI is InChI=1S/C24H20N4O2/c1-2-30-24(29)18-10-12-21(13-11-18)26-16-20-17-28(22-8-4-3-5-9-22)27-23(20)19-7-6-14-25-15-19/h3-17H,2H2,1H3. The van der Waals surface area contributed by atoms with E-state index < -0.39 is 0 Å². The van der Waals surface area contributed by atoms with Crippen molar-refractivity contribution in [3.63, 3.8) is 0 Å². The second-order valence-corrected chi connectivity index (χ2v) is 6.48. The fraction of sp³-hybridized carbons (Fsp3) is 0.0833. The minimum atomic E-state index is -0.337. The normalized spacial score (nSPS) is 11.0. The van der Waals surface area contributed by atoms with Crippen molar-refractivity contribution in [1.29, 1.82) is 0 Å². The quantitative estimate of drug-likeness (QED) is 0.345. The van der Waals surface area contributed by atoms with Crippen molar-refractivity contribution >= 4 is 17.9 Å². The van der Waals surface area contributed by atoms with Crippen LogP contribution in [0.2, 0.25) is 0 Å². The van der Waals surface area contributed by atoms with Gasteiger partial charge in [-0.25, -0.2) is 9.48 Å². The molecule has 0 aliphatic rings. The molecule has 148 valence electrons. The molecule has 2 aromatic heterocycles. The summed E-state index contributed by atoms with van der Waals surface area (Å²) in [6.07, 6.45) is 7.22. The van der Waals surface area contributed by atoms with Crippen molar-refractivity contribution in [2.24, 2.45) is 4.99 Å². The van der Waals surface area contributed by atoms with Gasteiger partial charge in [0, 0.05) is 35.9 Å². The molecule has 0 fully saturated rings.